The number of aliphatic carboxylic acids is 1. The van der Waals surface area contributed by atoms with Gasteiger partial charge in [-0.3, -0.25) is 0 Å². The van der Waals surface area contributed by atoms with Crippen molar-refractivity contribution >= 4 is 5.97 Å². The molecule has 0 spiro atoms. The number of nitrogens with two attached hydrogens (primary N) is 1. The molecular weight excluding hydrogens is 282 g/mol. The molecule has 11 heteroatoms. The molecule has 122 valence electrons. The number of ether oxygens (including phenoxy) is 1. The van der Waals surface area contributed by atoms with Crippen molar-refractivity contribution < 1.29 is 51.1 Å². The standard InChI is InChI=1S/C9H17NO8.2H2O/c10-5-3(12)1-9(17,8(15)16)18-7(5)6(14)4(13)2-11;;/h3-7,11-14,17H,1-2,10H2,(H,15,16);2*1H2/t3-,4?,5+,6?,7+,9?;;/m0../s1. The SMILES string of the molecule is N[C@@H]1[C@@H](O)CC(O)(C(=O)O)O[C@H]1C(O)C(O)CO.O.O. The summed E-state index contributed by atoms with van der Waals surface area (Å²) in [5.41, 5.74) is 5.51. The van der Waals surface area contributed by atoms with Crippen molar-refractivity contribution in [1.29, 1.82) is 0 Å². The maximum Gasteiger partial charge on any atom is 0.364 e. The minimum atomic E-state index is -2.70. The first-order valence-electron chi connectivity index (χ1n) is 5.27. The van der Waals surface area contributed by atoms with E-state index in [9.17, 15) is 25.2 Å². The monoisotopic (exact) mass is 303 g/mol. The van der Waals surface area contributed by atoms with Crippen LogP contribution in [0.4, 0.5) is 0 Å². The molecule has 1 aliphatic rings. The Bertz CT molecular complexity index is 315. The lowest BCUT2D eigenvalue weighted by atomic mass is 9.89. The van der Waals surface area contributed by atoms with Crippen LogP contribution >= 0.6 is 0 Å². The number of rotatable bonds is 4. The van der Waals surface area contributed by atoms with Crippen molar-refractivity contribution in [3.63, 3.8) is 0 Å². The highest BCUT2D eigenvalue weighted by atomic mass is 16.7. The van der Waals surface area contributed by atoms with E-state index in [1.807, 2.05) is 0 Å². The highest BCUT2D eigenvalue weighted by Gasteiger charge is 2.52. The van der Waals surface area contributed by atoms with Gasteiger partial charge in [0.25, 0.3) is 5.79 Å². The zero-order valence-corrected chi connectivity index (χ0v) is 10.4. The van der Waals surface area contributed by atoms with Crippen molar-refractivity contribution in [3.8, 4) is 0 Å². The van der Waals surface area contributed by atoms with Gasteiger partial charge >= 0.3 is 5.97 Å². The van der Waals surface area contributed by atoms with Crippen LogP contribution in [0.3, 0.4) is 0 Å². The van der Waals surface area contributed by atoms with Gasteiger partial charge in [-0.15, -0.1) is 0 Å². The first kappa shape index (κ1) is 21.4. The Hall–Kier alpha value is -0.890. The minimum absolute atomic E-state index is 0. The lowest BCUT2D eigenvalue weighted by molar-refractivity contribution is -0.292. The highest BCUT2D eigenvalue weighted by molar-refractivity contribution is 5.75. The lowest BCUT2D eigenvalue weighted by Crippen LogP contribution is -2.65. The van der Waals surface area contributed by atoms with E-state index >= 15 is 0 Å². The smallest absolute Gasteiger partial charge is 0.364 e. The van der Waals surface area contributed by atoms with Crippen LogP contribution < -0.4 is 5.73 Å². The van der Waals surface area contributed by atoms with E-state index in [1.165, 1.54) is 0 Å². The molecule has 1 aliphatic heterocycles. The molecule has 0 aromatic rings. The molecule has 1 rings (SSSR count). The quantitative estimate of drug-likeness (QED) is 0.261. The van der Waals surface area contributed by atoms with Crippen LogP contribution in [-0.2, 0) is 9.53 Å². The number of carboxylic acids is 1. The molecule has 0 aromatic carbocycles. The Morgan fingerprint density at radius 1 is 1.40 bits per heavy atom. The van der Waals surface area contributed by atoms with E-state index in [0.29, 0.717) is 0 Å². The molecular formula is C9H21NO10. The lowest BCUT2D eigenvalue weighted by Gasteiger charge is -2.43. The third kappa shape index (κ3) is 4.05. The zero-order valence-electron chi connectivity index (χ0n) is 10.4. The third-order valence-corrected chi connectivity index (χ3v) is 2.89. The molecule has 12 N–H and O–H groups in total. The predicted molar refractivity (Wildman–Crippen MR) is 62.4 cm³/mol. The summed E-state index contributed by atoms with van der Waals surface area (Å²) < 4.78 is 4.75. The molecule has 0 aromatic heterocycles. The van der Waals surface area contributed by atoms with E-state index in [2.05, 4.69) is 0 Å². The summed E-state index contributed by atoms with van der Waals surface area (Å²) in [7, 11) is 0. The Morgan fingerprint density at radius 2 is 1.90 bits per heavy atom. The first-order valence-corrected chi connectivity index (χ1v) is 5.27. The van der Waals surface area contributed by atoms with E-state index in [0.717, 1.165) is 0 Å². The van der Waals surface area contributed by atoms with E-state index in [4.69, 9.17) is 20.7 Å². The van der Waals surface area contributed by atoms with E-state index in [1.54, 1.807) is 0 Å². The van der Waals surface area contributed by atoms with Crippen LogP contribution in [0, 0.1) is 0 Å². The number of hydrogen-bond donors (Lipinski definition) is 7. The van der Waals surface area contributed by atoms with Crippen LogP contribution in [-0.4, -0.2) is 90.4 Å². The fourth-order valence-corrected chi connectivity index (χ4v) is 1.75. The molecule has 1 heterocycles. The van der Waals surface area contributed by atoms with Gasteiger partial charge in [-0.25, -0.2) is 4.79 Å². The summed E-state index contributed by atoms with van der Waals surface area (Å²) in [5.74, 6) is -4.44. The van der Waals surface area contributed by atoms with E-state index < -0.39 is 55.2 Å². The fraction of sp³-hybridized carbons (Fsp3) is 0.889. The predicted octanol–water partition coefficient (Wildman–Crippen LogP) is -5.70. The van der Waals surface area contributed by atoms with Crippen molar-refractivity contribution in [2.75, 3.05) is 6.61 Å². The molecule has 3 unspecified atom stereocenters. The van der Waals surface area contributed by atoms with Crippen LogP contribution in [0.1, 0.15) is 6.42 Å². The van der Waals surface area contributed by atoms with Gasteiger partial charge in [0, 0.05) is 6.42 Å². The molecule has 0 aliphatic carbocycles. The van der Waals surface area contributed by atoms with Crippen LogP contribution in [0.15, 0.2) is 0 Å². The Morgan fingerprint density at radius 3 is 2.30 bits per heavy atom. The van der Waals surface area contributed by atoms with Crippen molar-refractivity contribution in [2.45, 2.75) is 42.7 Å². The highest BCUT2D eigenvalue weighted by Crippen LogP contribution is 2.29. The fourth-order valence-electron chi connectivity index (χ4n) is 1.75. The molecule has 0 radical (unpaired) electrons. The van der Waals surface area contributed by atoms with Crippen LogP contribution in [0.2, 0.25) is 0 Å². The summed E-state index contributed by atoms with van der Waals surface area (Å²) in [6.45, 7) is -0.810. The number of aliphatic hydroxyl groups is 5. The molecule has 0 bridgehead atoms. The van der Waals surface area contributed by atoms with Crippen LogP contribution in [0.5, 0.6) is 0 Å². The third-order valence-electron chi connectivity index (χ3n) is 2.89. The molecule has 6 atom stereocenters. The summed E-state index contributed by atoms with van der Waals surface area (Å²) in [6.07, 6.45) is -7.01. The number of carboxylic acid groups (broad SMARTS) is 1. The number of hydrogen-bond acceptors (Lipinski definition) is 8. The molecule has 11 nitrogen and oxygen atoms in total. The second-order valence-electron chi connectivity index (χ2n) is 4.26. The first-order chi connectivity index (χ1) is 8.23. The maximum atomic E-state index is 10.8. The van der Waals surface area contributed by atoms with Gasteiger partial charge in [0.1, 0.15) is 18.3 Å². The molecule has 1 saturated heterocycles. The van der Waals surface area contributed by atoms with Gasteiger partial charge in [0.15, 0.2) is 0 Å². The maximum absolute atomic E-state index is 10.8. The van der Waals surface area contributed by atoms with Crippen molar-refractivity contribution in [1.82, 2.24) is 0 Å². The van der Waals surface area contributed by atoms with Gasteiger partial charge in [0.2, 0.25) is 0 Å². The molecule has 0 saturated carbocycles. The average Bonchev–Trinajstić information content (AvgIpc) is 2.31. The Kier molecular flexibility index (Phi) is 8.32. The van der Waals surface area contributed by atoms with Crippen molar-refractivity contribution in [2.24, 2.45) is 5.73 Å². The summed E-state index contributed by atoms with van der Waals surface area (Å²) in [5, 5.41) is 55.5. The van der Waals surface area contributed by atoms with Gasteiger partial charge in [0.05, 0.1) is 18.8 Å². The van der Waals surface area contributed by atoms with Gasteiger partial charge < -0.3 is 52.1 Å². The second-order valence-corrected chi connectivity index (χ2v) is 4.26. The van der Waals surface area contributed by atoms with Gasteiger partial charge in [-0.2, -0.15) is 0 Å². The zero-order chi connectivity index (χ0) is 14.1. The number of aliphatic hydroxyl groups excluding tert-OH is 4. The summed E-state index contributed by atoms with van der Waals surface area (Å²) in [6, 6.07) is -1.21. The Labute approximate surface area is 113 Å². The van der Waals surface area contributed by atoms with Crippen LogP contribution in [0.25, 0.3) is 0 Å². The van der Waals surface area contributed by atoms with Gasteiger partial charge in [-0.05, 0) is 0 Å². The topological polar surface area (TPSA) is 237 Å². The molecule has 0 amide bonds. The Balaban J connectivity index is 0. The van der Waals surface area contributed by atoms with Crippen molar-refractivity contribution in [3.05, 3.63) is 0 Å². The largest absolute Gasteiger partial charge is 0.477 e. The summed E-state index contributed by atoms with van der Waals surface area (Å²) in [4.78, 5) is 10.8. The minimum Gasteiger partial charge on any atom is -0.477 e. The second kappa shape index (κ2) is 7.78. The molecule has 20 heavy (non-hydrogen) atoms. The van der Waals surface area contributed by atoms with E-state index in [-0.39, 0.29) is 11.0 Å². The normalized spacial score (nSPS) is 36.2. The average molecular weight is 303 g/mol. The number of carbonyl (C=O) groups is 1. The van der Waals surface area contributed by atoms with Gasteiger partial charge in [-0.1, -0.05) is 0 Å². The molecule has 1 fully saturated rings. The summed E-state index contributed by atoms with van der Waals surface area (Å²) >= 11 is 0.